The molecule has 0 saturated carbocycles. The molecule has 0 aliphatic heterocycles. The maximum atomic E-state index is 13.3. The van der Waals surface area contributed by atoms with E-state index >= 15 is 0 Å². The van der Waals surface area contributed by atoms with Gasteiger partial charge in [0.15, 0.2) is 11.0 Å². The van der Waals surface area contributed by atoms with Gasteiger partial charge in [0.2, 0.25) is 5.91 Å². The molecule has 2 heterocycles. The molecule has 2 amide bonds. The number of benzene rings is 1. The fraction of sp³-hybridized carbons (Fsp3) is 0.261. The number of thiophene rings is 1. The van der Waals surface area contributed by atoms with Gasteiger partial charge in [0.05, 0.1) is 23.3 Å². The van der Waals surface area contributed by atoms with E-state index in [4.69, 9.17) is 4.74 Å². The second-order valence-corrected chi connectivity index (χ2v) is 9.46. The Bertz CT molecular complexity index is 1270. The zero-order valence-electron chi connectivity index (χ0n) is 19.6. The number of rotatable bonds is 9. The molecule has 1 aromatic carbocycles. The summed E-state index contributed by atoms with van der Waals surface area (Å²) in [6.07, 6.45) is 1.67. The van der Waals surface area contributed by atoms with E-state index in [2.05, 4.69) is 22.1 Å². The summed E-state index contributed by atoms with van der Waals surface area (Å²) in [6.45, 7) is 5.77. The van der Waals surface area contributed by atoms with Gasteiger partial charge >= 0.3 is 5.97 Å². The normalized spacial score (nSPS) is 10.7. The van der Waals surface area contributed by atoms with Crippen molar-refractivity contribution in [2.45, 2.75) is 18.6 Å². The van der Waals surface area contributed by atoms with E-state index in [0.717, 1.165) is 23.1 Å². The molecule has 1 N–H and O–H groups in total. The van der Waals surface area contributed by atoms with Crippen LogP contribution in [0.25, 0.3) is 11.4 Å². The number of amides is 2. The fourth-order valence-electron chi connectivity index (χ4n) is 3.15. The van der Waals surface area contributed by atoms with Crippen LogP contribution in [-0.2, 0) is 16.1 Å². The molecule has 0 spiro atoms. The van der Waals surface area contributed by atoms with E-state index < -0.39 is 11.9 Å². The maximum absolute atomic E-state index is 13.3. The standard InChI is InChI=1S/C23H24FN5O4S2/c1-6-11-29-19(14-7-9-15(24)10-8-14)26-27-23(29)34-12-16(30)25-20-17(22(32)33-5)13(2)18(35-20)21(31)28(3)4/h6-10H,1,11-12H2,2-5H3,(H,25,30). The van der Waals surface area contributed by atoms with Crippen molar-refractivity contribution in [1.82, 2.24) is 19.7 Å². The zero-order chi connectivity index (χ0) is 25.7. The van der Waals surface area contributed by atoms with Crippen LogP contribution in [0.4, 0.5) is 9.39 Å². The Labute approximate surface area is 210 Å². The van der Waals surface area contributed by atoms with Crippen molar-refractivity contribution in [3.05, 3.63) is 58.7 Å². The van der Waals surface area contributed by atoms with E-state index in [-0.39, 0.29) is 28.0 Å². The van der Waals surface area contributed by atoms with Gasteiger partial charge in [-0.05, 0) is 36.8 Å². The van der Waals surface area contributed by atoms with Gasteiger partial charge in [-0.3, -0.25) is 14.2 Å². The van der Waals surface area contributed by atoms with Crippen molar-refractivity contribution in [3.8, 4) is 11.4 Å². The van der Waals surface area contributed by atoms with Crippen LogP contribution < -0.4 is 5.32 Å². The molecule has 0 unspecified atom stereocenters. The van der Waals surface area contributed by atoms with Crippen LogP contribution in [-0.4, -0.2) is 64.4 Å². The molecule has 0 bridgehead atoms. The first kappa shape index (κ1) is 26.1. The van der Waals surface area contributed by atoms with Crippen LogP contribution in [0.3, 0.4) is 0 Å². The van der Waals surface area contributed by atoms with Crippen LogP contribution in [0.5, 0.6) is 0 Å². The van der Waals surface area contributed by atoms with Gasteiger partial charge in [0.25, 0.3) is 5.91 Å². The Balaban J connectivity index is 1.80. The monoisotopic (exact) mass is 517 g/mol. The molecular weight excluding hydrogens is 493 g/mol. The van der Waals surface area contributed by atoms with Gasteiger partial charge < -0.3 is 15.0 Å². The molecule has 184 valence electrons. The minimum absolute atomic E-state index is 0.0345. The van der Waals surface area contributed by atoms with Crippen molar-refractivity contribution in [1.29, 1.82) is 0 Å². The largest absolute Gasteiger partial charge is 0.465 e. The second kappa shape index (κ2) is 11.3. The number of hydrogen-bond donors (Lipinski definition) is 1. The summed E-state index contributed by atoms with van der Waals surface area (Å²) < 4.78 is 19.9. The molecule has 0 radical (unpaired) electrons. The first-order valence-corrected chi connectivity index (χ1v) is 12.1. The van der Waals surface area contributed by atoms with Crippen LogP contribution >= 0.6 is 23.1 Å². The van der Waals surface area contributed by atoms with E-state index in [0.29, 0.717) is 33.5 Å². The third-order valence-corrected chi connectivity index (χ3v) is 7.01. The van der Waals surface area contributed by atoms with Crippen molar-refractivity contribution in [3.63, 3.8) is 0 Å². The highest BCUT2D eigenvalue weighted by Crippen LogP contribution is 2.34. The van der Waals surface area contributed by atoms with Crippen molar-refractivity contribution in [2.75, 3.05) is 32.3 Å². The van der Waals surface area contributed by atoms with E-state index in [1.807, 2.05) is 0 Å². The first-order valence-electron chi connectivity index (χ1n) is 10.3. The quantitative estimate of drug-likeness (QED) is 0.261. The predicted octanol–water partition coefficient (Wildman–Crippen LogP) is 3.86. The number of aromatic nitrogens is 3. The average Bonchev–Trinajstić information content (AvgIpc) is 3.37. The lowest BCUT2D eigenvalue weighted by atomic mass is 10.1. The minimum Gasteiger partial charge on any atom is -0.465 e. The highest BCUT2D eigenvalue weighted by atomic mass is 32.2. The third kappa shape index (κ3) is 5.77. The molecule has 3 rings (SSSR count). The second-order valence-electron chi connectivity index (χ2n) is 7.50. The summed E-state index contributed by atoms with van der Waals surface area (Å²) in [7, 11) is 4.45. The SMILES string of the molecule is C=CCn1c(SCC(=O)Nc2sc(C(=O)N(C)C)c(C)c2C(=O)OC)nnc1-c1ccc(F)cc1. The number of esters is 1. The number of methoxy groups -OCH3 is 1. The Hall–Kier alpha value is -3.51. The van der Waals surface area contributed by atoms with Gasteiger partial charge in [-0.25, -0.2) is 9.18 Å². The predicted molar refractivity (Wildman–Crippen MR) is 133 cm³/mol. The minimum atomic E-state index is -0.644. The molecular formula is C23H24FN5O4S2. The van der Waals surface area contributed by atoms with Crippen LogP contribution in [0.1, 0.15) is 25.6 Å². The highest BCUT2D eigenvalue weighted by molar-refractivity contribution is 7.99. The molecule has 2 aromatic heterocycles. The summed E-state index contributed by atoms with van der Waals surface area (Å²) in [4.78, 5) is 39.3. The fourth-order valence-corrected chi connectivity index (χ4v) is 5.13. The number of carbonyl (C=O) groups excluding carboxylic acids is 3. The molecule has 0 aliphatic rings. The first-order chi connectivity index (χ1) is 16.7. The van der Waals surface area contributed by atoms with Gasteiger partial charge in [0.1, 0.15) is 10.8 Å². The van der Waals surface area contributed by atoms with E-state index in [1.165, 1.54) is 24.1 Å². The number of carbonyl (C=O) groups is 3. The van der Waals surface area contributed by atoms with Crippen molar-refractivity contribution >= 4 is 45.9 Å². The highest BCUT2D eigenvalue weighted by Gasteiger charge is 2.27. The molecule has 0 saturated heterocycles. The van der Waals surface area contributed by atoms with E-state index in [1.54, 1.807) is 43.8 Å². The number of thioether (sulfide) groups is 1. The number of nitrogens with one attached hydrogen (secondary N) is 1. The van der Waals surface area contributed by atoms with Gasteiger partial charge in [0, 0.05) is 26.2 Å². The summed E-state index contributed by atoms with van der Waals surface area (Å²) >= 11 is 2.16. The smallest absolute Gasteiger partial charge is 0.341 e. The van der Waals surface area contributed by atoms with E-state index in [9.17, 15) is 18.8 Å². The summed E-state index contributed by atoms with van der Waals surface area (Å²) in [6, 6.07) is 5.86. The molecule has 0 aliphatic carbocycles. The Kier molecular flexibility index (Phi) is 8.41. The number of anilines is 1. The summed E-state index contributed by atoms with van der Waals surface area (Å²) in [5.74, 6) is -1.20. The Morgan fingerprint density at radius 3 is 2.54 bits per heavy atom. The van der Waals surface area contributed by atoms with Crippen LogP contribution in [0.15, 0.2) is 42.1 Å². The molecule has 0 atom stereocenters. The molecule has 9 nitrogen and oxygen atoms in total. The number of hydrogen-bond acceptors (Lipinski definition) is 8. The average molecular weight is 518 g/mol. The zero-order valence-corrected chi connectivity index (χ0v) is 21.3. The number of allylic oxidation sites excluding steroid dienone is 1. The lowest BCUT2D eigenvalue weighted by Gasteiger charge is -2.08. The Morgan fingerprint density at radius 2 is 1.94 bits per heavy atom. The van der Waals surface area contributed by atoms with Gasteiger partial charge in [-0.1, -0.05) is 17.8 Å². The van der Waals surface area contributed by atoms with Gasteiger partial charge in [-0.15, -0.1) is 28.1 Å². The Morgan fingerprint density at radius 1 is 1.26 bits per heavy atom. The number of nitrogens with zero attached hydrogens (tertiary/aromatic N) is 4. The third-order valence-electron chi connectivity index (χ3n) is 4.85. The van der Waals surface area contributed by atoms with Gasteiger partial charge in [-0.2, -0.15) is 0 Å². The molecule has 12 heteroatoms. The van der Waals surface area contributed by atoms with Crippen molar-refractivity contribution < 1.29 is 23.5 Å². The summed E-state index contributed by atoms with van der Waals surface area (Å²) in [5.41, 5.74) is 1.26. The van der Waals surface area contributed by atoms with Crippen LogP contribution in [0, 0.1) is 12.7 Å². The molecule has 3 aromatic rings. The number of halogens is 1. The lowest BCUT2D eigenvalue weighted by Crippen LogP contribution is -2.21. The topological polar surface area (TPSA) is 106 Å². The lowest BCUT2D eigenvalue weighted by molar-refractivity contribution is -0.113. The maximum Gasteiger partial charge on any atom is 0.341 e. The van der Waals surface area contributed by atoms with Crippen LogP contribution in [0.2, 0.25) is 0 Å². The molecule has 35 heavy (non-hydrogen) atoms. The van der Waals surface area contributed by atoms with Crippen molar-refractivity contribution in [2.24, 2.45) is 0 Å². The molecule has 0 fully saturated rings. The summed E-state index contributed by atoms with van der Waals surface area (Å²) in [5, 5.41) is 11.8. The number of ether oxygens (including phenoxy) is 1.